The van der Waals surface area contributed by atoms with Crippen molar-refractivity contribution in [3.05, 3.63) is 41.2 Å². The zero-order valence-corrected chi connectivity index (χ0v) is 7.91. The van der Waals surface area contributed by atoms with Crippen molar-refractivity contribution < 1.29 is 0 Å². The predicted molar refractivity (Wildman–Crippen MR) is 55.2 cm³/mol. The van der Waals surface area contributed by atoms with Crippen LogP contribution >= 0.6 is 0 Å². The molecule has 4 heteroatoms. The van der Waals surface area contributed by atoms with Gasteiger partial charge in [-0.1, -0.05) is 18.2 Å². The topological polar surface area (TPSA) is 71.6 Å². The molecule has 0 atom stereocenters. The molecule has 4 nitrogen and oxygen atoms in total. The van der Waals surface area contributed by atoms with E-state index in [0.29, 0.717) is 12.4 Å². The summed E-state index contributed by atoms with van der Waals surface area (Å²) in [7, 11) is 0. The fourth-order valence-corrected chi connectivity index (χ4v) is 1.45. The number of benzene rings is 1. The number of allylic oxidation sites excluding steroid dienone is 1. The van der Waals surface area contributed by atoms with E-state index in [4.69, 9.17) is 10.5 Å². The van der Waals surface area contributed by atoms with Crippen LogP contribution in [0.2, 0.25) is 0 Å². The van der Waals surface area contributed by atoms with Crippen molar-refractivity contribution >= 4 is 5.69 Å². The molecule has 0 bridgehead atoms. The van der Waals surface area contributed by atoms with Crippen molar-refractivity contribution in [2.24, 2.45) is 0 Å². The maximum atomic E-state index is 8.72. The first-order chi connectivity index (χ1) is 7.35. The molecule has 1 heterocycles. The zero-order valence-electron chi connectivity index (χ0n) is 7.91. The molecular formula is C11H8N4. The van der Waals surface area contributed by atoms with Crippen molar-refractivity contribution in [2.75, 3.05) is 5.32 Å². The molecule has 1 aliphatic rings. The summed E-state index contributed by atoms with van der Waals surface area (Å²) >= 11 is 0. The second-order valence-electron chi connectivity index (χ2n) is 3.11. The maximum Gasteiger partial charge on any atom is 0.169 e. The van der Waals surface area contributed by atoms with Crippen molar-refractivity contribution in [3.8, 4) is 12.1 Å². The fraction of sp³-hybridized carbons (Fsp3) is 0.0909. The van der Waals surface area contributed by atoms with Gasteiger partial charge in [-0.2, -0.15) is 10.5 Å². The van der Waals surface area contributed by atoms with E-state index in [1.807, 2.05) is 36.4 Å². The molecule has 72 valence electrons. The van der Waals surface area contributed by atoms with E-state index >= 15 is 0 Å². The molecule has 0 spiro atoms. The first kappa shape index (κ1) is 9.11. The van der Waals surface area contributed by atoms with Crippen molar-refractivity contribution in [1.82, 2.24) is 5.32 Å². The Morgan fingerprint density at radius 2 is 1.93 bits per heavy atom. The summed E-state index contributed by atoms with van der Waals surface area (Å²) in [6.07, 6.45) is 0. The number of hydrogen-bond donors (Lipinski definition) is 2. The largest absolute Gasteiger partial charge is 0.366 e. The summed E-state index contributed by atoms with van der Waals surface area (Å²) in [5, 5.41) is 23.5. The molecule has 0 saturated carbocycles. The van der Waals surface area contributed by atoms with Crippen LogP contribution in [0.4, 0.5) is 5.69 Å². The number of para-hydroxylation sites is 1. The lowest BCUT2D eigenvalue weighted by atomic mass is 10.1. The number of fused-ring (bicyclic) bond motifs is 1. The molecule has 2 rings (SSSR count). The minimum atomic E-state index is 0.0736. The first-order valence-corrected chi connectivity index (χ1v) is 4.48. The maximum absolute atomic E-state index is 8.72. The summed E-state index contributed by atoms with van der Waals surface area (Å²) < 4.78 is 0. The van der Waals surface area contributed by atoms with Gasteiger partial charge in [0.25, 0.3) is 0 Å². The van der Waals surface area contributed by atoms with Crippen molar-refractivity contribution in [3.63, 3.8) is 0 Å². The lowest BCUT2D eigenvalue weighted by molar-refractivity contribution is 0.788. The highest BCUT2D eigenvalue weighted by Crippen LogP contribution is 2.21. The second-order valence-corrected chi connectivity index (χ2v) is 3.11. The highest BCUT2D eigenvalue weighted by molar-refractivity contribution is 5.60. The predicted octanol–water partition coefficient (Wildman–Crippen LogP) is 1.46. The third-order valence-electron chi connectivity index (χ3n) is 2.21. The molecule has 0 saturated heterocycles. The monoisotopic (exact) mass is 196 g/mol. The van der Waals surface area contributed by atoms with Crippen LogP contribution in [0, 0.1) is 22.7 Å². The van der Waals surface area contributed by atoms with E-state index < -0.39 is 0 Å². The van der Waals surface area contributed by atoms with E-state index in [2.05, 4.69) is 10.6 Å². The third kappa shape index (κ3) is 1.61. The van der Waals surface area contributed by atoms with Crippen LogP contribution in [0.3, 0.4) is 0 Å². The van der Waals surface area contributed by atoms with E-state index in [1.165, 1.54) is 0 Å². The number of hydrogen-bond acceptors (Lipinski definition) is 4. The summed E-state index contributed by atoms with van der Waals surface area (Å²) in [6.45, 7) is 0.630. The summed E-state index contributed by atoms with van der Waals surface area (Å²) in [5.41, 5.74) is 2.13. The molecule has 0 aliphatic carbocycles. The minimum Gasteiger partial charge on any atom is -0.366 e. The Bertz CT molecular complexity index is 486. The van der Waals surface area contributed by atoms with Gasteiger partial charge in [-0.05, 0) is 11.6 Å². The number of nitrogens with one attached hydrogen (secondary N) is 2. The Morgan fingerprint density at radius 3 is 2.67 bits per heavy atom. The van der Waals surface area contributed by atoms with E-state index in [0.717, 1.165) is 11.3 Å². The number of nitrogens with zero attached hydrogens (tertiary/aromatic N) is 2. The van der Waals surface area contributed by atoms with E-state index in [1.54, 1.807) is 0 Å². The molecule has 0 amide bonds. The van der Waals surface area contributed by atoms with Crippen LogP contribution in [0.1, 0.15) is 5.56 Å². The van der Waals surface area contributed by atoms with E-state index in [-0.39, 0.29) is 5.57 Å². The lowest BCUT2D eigenvalue weighted by Crippen LogP contribution is -2.26. The molecule has 1 aromatic rings. The Kier molecular flexibility index (Phi) is 2.26. The Labute approximate surface area is 87.4 Å². The molecule has 1 aromatic carbocycles. The van der Waals surface area contributed by atoms with Crippen LogP contribution in [-0.4, -0.2) is 0 Å². The van der Waals surface area contributed by atoms with Gasteiger partial charge < -0.3 is 10.6 Å². The molecule has 0 radical (unpaired) electrons. The quantitative estimate of drug-likeness (QED) is 0.616. The van der Waals surface area contributed by atoms with Crippen molar-refractivity contribution in [2.45, 2.75) is 6.54 Å². The number of rotatable bonds is 0. The van der Waals surface area contributed by atoms with Gasteiger partial charge >= 0.3 is 0 Å². The van der Waals surface area contributed by atoms with Gasteiger partial charge in [-0.25, -0.2) is 0 Å². The molecule has 0 fully saturated rings. The second kappa shape index (κ2) is 3.73. The van der Waals surface area contributed by atoms with Gasteiger partial charge in [0.15, 0.2) is 5.57 Å². The lowest BCUT2D eigenvalue weighted by Gasteiger charge is -2.22. The van der Waals surface area contributed by atoms with Gasteiger partial charge in [0.2, 0.25) is 0 Å². The minimum absolute atomic E-state index is 0.0736. The normalized spacial score (nSPS) is 12.5. The van der Waals surface area contributed by atoms with Gasteiger partial charge in [0.1, 0.15) is 18.0 Å². The molecule has 1 aliphatic heterocycles. The van der Waals surface area contributed by atoms with Crippen LogP contribution in [0.15, 0.2) is 35.7 Å². The Balaban J connectivity index is 2.39. The highest BCUT2D eigenvalue weighted by Gasteiger charge is 2.13. The SMILES string of the molecule is N#CC(C#N)=C1NCc2ccccc2N1. The van der Waals surface area contributed by atoms with E-state index in [9.17, 15) is 0 Å². The van der Waals surface area contributed by atoms with Gasteiger partial charge in [0, 0.05) is 12.2 Å². The Morgan fingerprint density at radius 1 is 1.20 bits per heavy atom. The van der Waals surface area contributed by atoms with Crippen LogP contribution in [0.5, 0.6) is 0 Å². The summed E-state index contributed by atoms with van der Waals surface area (Å²) in [6, 6.07) is 11.5. The number of nitriles is 2. The van der Waals surface area contributed by atoms with Crippen LogP contribution in [-0.2, 0) is 6.54 Å². The smallest absolute Gasteiger partial charge is 0.169 e. The molecule has 15 heavy (non-hydrogen) atoms. The average molecular weight is 196 g/mol. The molecule has 2 N–H and O–H groups in total. The fourth-order valence-electron chi connectivity index (χ4n) is 1.45. The molecular weight excluding hydrogens is 188 g/mol. The van der Waals surface area contributed by atoms with Gasteiger partial charge in [0.05, 0.1) is 0 Å². The summed E-state index contributed by atoms with van der Waals surface area (Å²) in [5.74, 6) is 0.485. The first-order valence-electron chi connectivity index (χ1n) is 4.48. The highest BCUT2D eigenvalue weighted by atomic mass is 15.1. The van der Waals surface area contributed by atoms with Crippen molar-refractivity contribution in [1.29, 1.82) is 10.5 Å². The van der Waals surface area contributed by atoms with Crippen LogP contribution < -0.4 is 10.6 Å². The molecule has 0 unspecified atom stereocenters. The number of anilines is 1. The average Bonchev–Trinajstić information content (AvgIpc) is 2.30. The Hall–Kier alpha value is -2.46. The van der Waals surface area contributed by atoms with Crippen LogP contribution in [0.25, 0.3) is 0 Å². The van der Waals surface area contributed by atoms with Gasteiger partial charge in [-0.15, -0.1) is 0 Å². The standard InChI is InChI=1S/C11H8N4/c12-5-9(6-13)11-14-7-8-3-1-2-4-10(8)15-11/h1-4,14-15H,7H2. The third-order valence-corrected chi connectivity index (χ3v) is 2.21. The summed E-state index contributed by atoms with van der Waals surface area (Å²) in [4.78, 5) is 0. The molecule has 0 aromatic heterocycles. The zero-order chi connectivity index (χ0) is 10.7. The van der Waals surface area contributed by atoms with Gasteiger partial charge in [-0.3, -0.25) is 0 Å².